The Balaban J connectivity index is 4.77. The van der Waals surface area contributed by atoms with E-state index in [0.29, 0.717) is 6.42 Å². The molecule has 0 fully saturated rings. The van der Waals surface area contributed by atoms with E-state index in [-0.39, 0.29) is 24.7 Å². The van der Waals surface area contributed by atoms with Gasteiger partial charge in [-0.15, -0.1) is 0 Å². The molecule has 0 aliphatic heterocycles. The highest BCUT2D eigenvalue weighted by Gasteiger charge is 2.26. The number of rotatable bonds is 9. The van der Waals surface area contributed by atoms with E-state index in [0.717, 1.165) is 0 Å². The fourth-order valence-corrected chi connectivity index (χ4v) is 1.87. The van der Waals surface area contributed by atoms with Gasteiger partial charge in [-0.05, 0) is 18.8 Å². The second kappa shape index (κ2) is 9.75. The standard InChI is InChI=1S/C14H25N3O5/c1-8(2)7-11(16-9(3)18)14(21)17-10(13(15)20)5-6-12(19)22-4/h8,10-11H,5-7H2,1-4H3,(H2,15,20)(H,16,18)(H,17,21)/t10-,11-/m0/s1. The fraction of sp³-hybridized carbons (Fsp3) is 0.714. The number of ether oxygens (including phenoxy) is 1. The summed E-state index contributed by atoms with van der Waals surface area (Å²) in [5, 5.41) is 5.01. The number of nitrogens with two attached hydrogens (primary N) is 1. The zero-order valence-electron chi connectivity index (χ0n) is 13.5. The number of methoxy groups -OCH3 is 1. The van der Waals surface area contributed by atoms with Gasteiger partial charge in [0.2, 0.25) is 17.7 Å². The van der Waals surface area contributed by atoms with Crippen molar-refractivity contribution in [1.82, 2.24) is 10.6 Å². The van der Waals surface area contributed by atoms with Crippen molar-refractivity contribution < 1.29 is 23.9 Å². The zero-order valence-corrected chi connectivity index (χ0v) is 13.5. The summed E-state index contributed by atoms with van der Waals surface area (Å²) in [6.07, 6.45) is 0.426. The van der Waals surface area contributed by atoms with E-state index in [1.54, 1.807) is 0 Å². The van der Waals surface area contributed by atoms with Crippen LogP contribution in [0.15, 0.2) is 0 Å². The van der Waals surface area contributed by atoms with Crippen LogP contribution < -0.4 is 16.4 Å². The monoisotopic (exact) mass is 315 g/mol. The molecule has 0 aliphatic rings. The number of hydrogen-bond donors (Lipinski definition) is 3. The second-order valence-corrected chi connectivity index (χ2v) is 5.46. The quantitative estimate of drug-likeness (QED) is 0.492. The lowest BCUT2D eigenvalue weighted by molar-refractivity contribution is -0.141. The van der Waals surface area contributed by atoms with Gasteiger partial charge in [0.05, 0.1) is 7.11 Å². The molecule has 0 saturated carbocycles. The van der Waals surface area contributed by atoms with Crippen LogP contribution in [0, 0.1) is 5.92 Å². The van der Waals surface area contributed by atoms with Gasteiger partial charge < -0.3 is 21.1 Å². The first-order chi connectivity index (χ1) is 10.2. The van der Waals surface area contributed by atoms with Crippen molar-refractivity contribution >= 4 is 23.7 Å². The topological polar surface area (TPSA) is 128 Å². The van der Waals surface area contributed by atoms with Gasteiger partial charge in [0.25, 0.3) is 0 Å². The van der Waals surface area contributed by atoms with Crippen molar-refractivity contribution in [3.8, 4) is 0 Å². The Bertz CT molecular complexity index is 423. The molecule has 0 rings (SSSR count). The van der Waals surface area contributed by atoms with Crippen LogP contribution in [-0.4, -0.2) is 42.9 Å². The maximum atomic E-state index is 12.2. The van der Waals surface area contributed by atoms with Crippen molar-refractivity contribution in [2.45, 2.75) is 52.1 Å². The van der Waals surface area contributed by atoms with Crippen molar-refractivity contribution in [3.05, 3.63) is 0 Å². The van der Waals surface area contributed by atoms with Crippen molar-refractivity contribution in [1.29, 1.82) is 0 Å². The van der Waals surface area contributed by atoms with Crippen LogP contribution in [0.1, 0.15) is 40.0 Å². The molecule has 3 amide bonds. The number of primary amides is 1. The van der Waals surface area contributed by atoms with E-state index < -0.39 is 29.9 Å². The molecule has 0 saturated heterocycles. The molecule has 0 aromatic heterocycles. The molecule has 0 aromatic rings. The van der Waals surface area contributed by atoms with Crippen LogP contribution in [-0.2, 0) is 23.9 Å². The highest BCUT2D eigenvalue weighted by molar-refractivity contribution is 5.91. The minimum absolute atomic E-state index is 0.0423. The Morgan fingerprint density at radius 1 is 1.09 bits per heavy atom. The Morgan fingerprint density at radius 3 is 2.09 bits per heavy atom. The van der Waals surface area contributed by atoms with E-state index in [1.165, 1.54) is 14.0 Å². The van der Waals surface area contributed by atoms with Gasteiger partial charge in [-0.3, -0.25) is 19.2 Å². The van der Waals surface area contributed by atoms with Crippen molar-refractivity contribution in [2.24, 2.45) is 11.7 Å². The van der Waals surface area contributed by atoms with E-state index in [4.69, 9.17) is 5.73 Å². The summed E-state index contributed by atoms with van der Waals surface area (Å²) in [6.45, 7) is 5.12. The van der Waals surface area contributed by atoms with Gasteiger partial charge in [0.15, 0.2) is 0 Å². The number of nitrogens with one attached hydrogen (secondary N) is 2. The summed E-state index contributed by atoms with van der Waals surface area (Å²) in [7, 11) is 1.23. The minimum atomic E-state index is -0.991. The van der Waals surface area contributed by atoms with Crippen LogP contribution in [0.25, 0.3) is 0 Å². The van der Waals surface area contributed by atoms with Crippen LogP contribution in [0.5, 0.6) is 0 Å². The molecular weight excluding hydrogens is 290 g/mol. The number of amides is 3. The first kappa shape index (κ1) is 19.9. The first-order valence-electron chi connectivity index (χ1n) is 7.11. The molecule has 0 heterocycles. The van der Waals surface area contributed by atoms with Crippen LogP contribution in [0.4, 0.5) is 0 Å². The predicted octanol–water partition coefficient (Wildman–Crippen LogP) is -0.539. The van der Waals surface area contributed by atoms with E-state index in [9.17, 15) is 19.2 Å². The molecular formula is C14H25N3O5. The summed E-state index contributed by atoms with van der Waals surface area (Å²) in [5.74, 6) is -1.92. The third-order valence-corrected chi connectivity index (χ3v) is 2.93. The lowest BCUT2D eigenvalue weighted by Gasteiger charge is -2.22. The molecule has 126 valence electrons. The number of carbonyl (C=O) groups is 4. The number of esters is 1. The highest BCUT2D eigenvalue weighted by atomic mass is 16.5. The smallest absolute Gasteiger partial charge is 0.305 e. The Hall–Kier alpha value is -2.12. The normalized spacial score (nSPS) is 13.1. The van der Waals surface area contributed by atoms with Crippen molar-refractivity contribution in [3.63, 3.8) is 0 Å². The molecule has 0 aromatic carbocycles. The maximum absolute atomic E-state index is 12.2. The summed E-state index contributed by atoms with van der Waals surface area (Å²) in [4.78, 5) is 45.8. The van der Waals surface area contributed by atoms with Gasteiger partial charge in [0.1, 0.15) is 12.1 Å². The third-order valence-electron chi connectivity index (χ3n) is 2.93. The predicted molar refractivity (Wildman–Crippen MR) is 79.4 cm³/mol. The van der Waals surface area contributed by atoms with Crippen LogP contribution in [0.3, 0.4) is 0 Å². The maximum Gasteiger partial charge on any atom is 0.305 e. The minimum Gasteiger partial charge on any atom is -0.469 e. The average molecular weight is 315 g/mol. The molecule has 0 unspecified atom stereocenters. The summed E-state index contributed by atoms with van der Waals surface area (Å²) in [6, 6.07) is -1.74. The lowest BCUT2D eigenvalue weighted by atomic mass is 10.0. The lowest BCUT2D eigenvalue weighted by Crippen LogP contribution is -2.53. The first-order valence-corrected chi connectivity index (χ1v) is 7.11. The molecule has 0 radical (unpaired) electrons. The molecule has 8 nitrogen and oxygen atoms in total. The van der Waals surface area contributed by atoms with Gasteiger partial charge in [-0.2, -0.15) is 0 Å². The number of carbonyl (C=O) groups excluding carboxylic acids is 4. The van der Waals surface area contributed by atoms with Gasteiger partial charge >= 0.3 is 5.97 Å². The molecule has 8 heteroatoms. The van der Waals surface area contributed by atoms with Crippen LogP contribution in [0.2, 0.25) is 0 Å². The largest absolute Gasteiger partial charge is 0.469 e. The Labute approximate surface area is 130 Å². The van der Waals surface area contributed by atoms with E-state index >= 15 is 0 Å². The van der Waals surface area contributed by atoms with Crippen LogP contribution >= 0.6 is 0 Å². The molecule has 22 heavy (non-hydrogen) atoms. The molecule has 0 bridgehead atoms. The van der Waals surface area contributed by atoms with Gasteiger partial charge in [-0.25, -0.2) is 0 Å². The summed E-state index contributed by atoms with van der Waals surface area (Å²) >= 11 is 0. The third kappa shape index (κ3) is 8.23. The Morgan fingerprint density at radius 2 is 1.68 bits per heavy atom. The summed E-state index contributed by atoms with van der Waals surface area (Å²) < 4.78 is 4.48. The summed E-state index contributed by atoms with van der Waals surface area (Å²) in [5.41, 5.74) is 5.22. The van der Waals surface area contributed by atoms with Gasteiger partial charge in [0, 0.05) is 13.3 Å². The SMILES string of the molecule is COC(=O)CC[C@H](NC(=O)[C@H](CC(C)C)NC(C)=O)C(N)=O. The molecule has 2 atom stereocenters. The van der Waals surface area contributed by atoms with E-state index in [2.05, 4.69) is 15.4 Å². The highest BCUT2D eigenvalue weighted by Crippen LogP contribution is 2.06. The van der Waals surface area contributed by atoms with Gasteiger partial charge in [-0.1, -0.05) is 13.8 Å². The molecule has 0 aliphatic carbocycles. The average Bonchev–Trinajstić information content (AvgIpc) is 2.40. The van der Waals surface area contributed by atoms with E-state index in [1.807, 2.05) is 13.8 Å². The number of hydrogen-bond acceptors (Lipinski definition) is 5. The molecule has 0 spiro atoms. The molecule has 4 N–H and O–H groups in total. The fourth-order valence-electron chi connectivity index (χ4n) is 1.87. The zero-order chi connectivity index (χ0) is 17.3. The van der Waals surface area contributed by atoms with Crippen molar-refractivity contribution in [2.75, 3.05) is 7.11 Å². The Kier molecular flexibility index (Phi) is 8.81. The second-order valence-electron chi connectivity index (χ2n) is 5.46.